The van der Waals surface area contributed by atoms with Crippen molar-refractivity contribution < 1.29 is 9.18 Å². The molecule has 4 heteroatoms. The first-order valence-corrected chi connectivity index (χ1v) is 8.45. The largest absolute Gasteiger partial charge is 0.317 e. The Labute approximate surface area is 131 Å². The number of halogens is 1. The van der Waals surface area contributed by atoms with Crippen LogP contribution < -0.4 is 5.32 Å². The number of nitrogens with one attached hydrogen (secondary N) is 1. The first-order valence-electron chi connectivity index (χ1n) is 8.45. The molecular formula is C18H25FN2O. The Morgan fingerprint density at radius 2 is 1.91 bits per heavy atom. The van der Waals surface area contributed by atoms with Gasteiger partial charge in [-0.25, -0.2) is 4.39 Å². The molecule has 0 amide bonds. The highest BCUT2D eigenvalue weighted by Gasteiger charge is 2.28. The lowest BCUT2D eigenvalue weighted by atomic mass is 9.88. The molecule has 2 aliphatic rings. The van der Waals surface area contributed by atoms with Gasteiger partial charge in [0.2, 0.25) is 0 Å². The van der Waals surface area contributed by atoms with Gasteiger partial charge in [-0.1, -0.05) is 0 Å². The van der Waals surface area contributed by atoms with Crippen LogP contribution in [0.5, 0.6) is 0 Å². The van der Waals surface area contributed by atoms with E-state index < -0.39 is 0 Å². The minimum Gasteiger partial charge on any atom is -0.317 e. The molecule has 120 valence electrons. The van der Waals surface area contributed by atoms with Gasteiger partial charge < -0.3 is 10.2 Å². The van der Waals surface area contributed by atoms with E-state index in [1.807, 2.05) is 0 Å². The van der Waals surface area contributed by atoms with E-state index in [1.165, 1.54) is 25.0 Å². The maximum atomic E-state index is 13.0. The summed E-state index contributed by atoms with van der Waals surface area (Å²) in [4.78, 5) is 15.1. The van der Waals surface area contributed by atoms with E-state index in [0.717, 1.165) is 51.5 Å². The zero-order valence-corrected chi connectivity index (χ0v) is 13.1. The SMILES string of the molecule is O=C(c1ccc(F)cc1)C1CCCN(CC2CCNCC2)C1. The predicted molar refractivity (Wildman–Crippen MR) is 85.5 cm³/mol. The predicted octanol–water partition coefficient (Wildman–Crippen LogP) is 2.72. The monoisotopic (exact) mass is 304 g/mol. The number of carbonyl (C=O) groups is 1. The highest BCUT2D eigenvalue weighted by molar-refractivity contribution is 5.98. The summed E-state index contributed by atoms with van der Waals surface area (Å²) in [6.07, 6.45) is 4.53. The van der Waals surface area contributed by atoms with Crippen molar-refractivity contribution >= 4 is 5.78 Å². The van der Waals surface area contributed by atoms with Crippen LogP contribution in [-0.4, -0.2) is 43.4 Å². The smallest absolute Gasteiger partial charge is 0.167 e. The Balaban J connectivity index is 1.57. The van der Waals surface area contributed by atoms with Gasteiger partial charge >= 0.3 is 0 Å². The lowest BCUT2D eigenvalue weighted by Gasteiger charge is -2.35. The lowest BCUT2D eigenvalue weighted by Crippen LogP contribution is -2.43. The highest BCUT2D eigenvalue weighted by Crippen LogP contribution is 2.23. The van der Waals surface area contributed by atoms with Crippen LogP contribution in [0.15, 0.2) is 24.3 Å². The van der Waals surface area contributed by atoms with Crippen molar-refractivity contribution in [3.05, 3.63) is 35.6 Å². The Morgan fingerprint density at radius 1 is 1.18 bits per heavy atom. The summed E-state index contributed by atoms with van der Waals surface area (Å²) in [5.41, 5.74) is 0.648. The summed E-state index contributed by atoms with van der Waals surface area (Å²) >= 11 is 0. The summed E-state index contributed by atoms with van der Waals surface area (Å²) in [7, 11) is 0. The molecule has 0 spiro atoms. The molecule has 2 fully saturated rings. The van der Waals surface area contributed by atoms with Crippen LogP contribution in [0, 0.1) is 17.7 Å². The highest BCUT2D eigenvalue weighted by atomic mass is 19.1. The number of piperidine rings is 2. The summed E-state index contributed by atoms with van der Waals surface area (Å²) < 4.78 is 13.0. The molecule has 0 saturated carbocycles. The van der Waals surface area contributed by atoms with Crippen molar-refractivity contribution in [1.29, 1.82) is 0 Å². The number of hydrogen-bond acceptors (Lipinski definition) is 3. The van der Waals surface area contributed by atoms with Gasteiger partial charge in [-0.15, -0.1) is 0 Å². The summed E-state index contributed by atoms with van der Waals surface area (Å²) in [6, 6.07) is 5.98. The number of Topliss-reactive ketones (excluding diaryl/α,β-unsaturated/α-hetero) is 1. The van der Waals surface area contributed by atoms with Crippen LogP contribution in [-0.2, 0) is 0 Å². The second kappa shape index (κ2) is 7.34. The maximum Gasteiger partial charge on any atom is 0.167 e. The van der Waals surface area contributed by atoms with E-state index in [0.29, 0.717) is 5.56 Å². The molecule has 0 aliphatic carbocycles. The fourth-order valence-corrected chi connectivity index (χ4v) is 3.71. The fraction of sp³-hybridized carbons (Fsp3) is 0.611. The maximum absolute atomic E-state index is 13.0. The number of hydrogen-bond donors (Lipinski definition) is 1. The van der Waals surface area contributed by atoms with Gasteiger partial charge in [0.1, 0.15) is 5.82 Å². The zero-order valence-electron chi connectivity index (χ0n) is 13.1. The molecule has 1 N–H and O–H groups in total. The zero-order chi connectivity index (χ0) is 15.4. The van der Waals surface area contributed by atoms with Crippen LogP contribution in [0.3, 0.4) is 0 Å². The summed E-state index contributed by atoms with van der Waals surface area (Å²) in [5.74, 6) is 0.726. The second-order valence-electron chi connectivity index (χ2n) is 6.66. The molecule has 2 heterocycles. The molecule has 1 atom stereocenters. The third-order valence-electron chi connectivity index (χ3n) is 4.98. The Bertz CT molecular complexity index is 496. The van der Waals surface area contributed by atoms with E-state index in [1.54, 1.807) is 12.1 Å². The van der Waals surface area contributed by atoms with Crippen molar-refractivity contribution in [3.63, 3.8) is 0 Å². The second-order valence-corrected chi connectivity index (χ2v) is 6.66. The quantitative estimate of drug-likeness (QED) is 0.868. The molecule has 0 aromatic heterocycles. The van der Waals surface area contributed by atoms with Crippen LogP contribution in [0.4, 0.5) is 4.39 Å². The molecule has 3 rings (SSSR count). The van der Waals surface area contributed by atoms with Gasteiger partial charge in [0.25, 0.3) is 0 Å². The lowest BCUT2D eigenvalue weighted by molar-refractivity contribution is 0.0790. The number of rotatable bonds is 4. The summed E-state index contributed by atoms with van der Waals surface area (Å²) in [6.45, 7) is 5.33. The van der Waals surface area contributed by atoms with E-state index in [4.69, 9.17) is 0 Å². The van der Waals surface area contributed by atoms with Gasteiger partial charge in [-0.2, -0.15) is 0 Å². The van der Waals surface area contributed by atoms with Crippen molar-refractivity contribution in [1.82, 2.24) is 10.2 Å². The van der Waals surface area contributed by atoms with Crippen molar-refractivity contribution in [2.45, 2.75) is 25.7 Å². The van der Waals surface area contributed by atoms with Crippen LogP contribution >= 0.6 is 0 Å². The average Bonchev–Trinajstić information content (AvgIpc) is 2.56. The van der Waals surface area contributed by atoms with Gasteiger partial charge in [0, 0.05) is 24.6 Å². The standard InChI is InChI=1S/C18H25FN2O/c19-17-5-3-15(4-6-17)18(22)16-2-1-11-21(13-16)12-14-7-9-20-10-8-14/h3-6,14,16,20H,1-2,7-13H2. The van der Waals surface area contributed by atoms with Gasteiger partial charge in [0.15, 0.2) is 5.78 Å². The van der Waals surface area contributed by atoms with Crippen LogP contribution in [0.25, 0.3) is 0 Å². The Hall–Kier alpha value is -1.26. The molecule has 0 radical (unpaired) electrons. The van der Waals surface area contributed by atoms with Crippen molar-refractivity contribution in [3.8, 4) is 0 Å². The van der Waals surface area contributed by atoms with Gasteiger partial charge in [-0.3, -0.25) is 4.79 Å². The topological polar surface area (TPSA) is 32.3 Å². The Kier molecular flexibility index (Phi) is 5.21. The minimum absolute atomic E-state index is 0.0703. The number of nitrogens with zero attached hydrogens (tertiary/aromatic N) is 1. The minimum atomic E-state index is -0.285. The number of likely N-dealkylation sites (tertiary alicyclic amines) is 1. The molecular weight excluding hydrogens is 279 g/mol. The average molecular weight is 304 g/mol. The first-order chi connectivity index (χ1) is 10.7. The first kappa shape index (κ1) is 15.6. The fourth-order valence-electron chi connectivity index (χ4n) is 3.71. The molecule has 22 heavy (non-hydrogen) atoms. The van der Waals surface area contributed by atoms with Crippen molar-refractivity contribution in [2.75, 3.05) is 32.7 Å². The molecule has 1 aromatic rings. The number of benzene rings is 1. The van der Waals surface area contributed by atoms with Gasteiger partial charge in [0.05, 0.1) is 0 Å². The third kappa shape index (κ3) is 3.93. The molecule has 2 aliphatic heterocycles. The van der Waals surface area contributed by atoms with E-state index in [9.17, 15) is 9.18 Å². The Morgan fingerprint density at radius 3 is 2.64 bits per heavy atom. The van der Waals surface area contributed by atoms with E-state index in [2.05, 4.69) is 10.2 Å². The van der Waals surface area contributed by atoms with E-state index >= 15 is 0 Å². The molecule has 1 aromatic carbocycles. The van der Waals surface area contributed by atoms with Crippen LogP contribution in [0.2, 0.25) is 0 Å². The van der Waals surface area contributed by atoms with Crippen molar-refractivity contribution in [2.24, 2.45) is 11.8 Å². The molecule has 0 bridgehead atoms. The van der Waals surface area contributed by atoms with Crippen LogP contribution in [0.1, 0.15) is 36.0 Å². The molecule has 1 unspecified atom stereocenters. The number of ketones is 1. The van der Waals surface area contributed by atoms with E-state index in [-0.39, 0.29) is 17.5 Å². The van der Waals surface area contributed by atoms with Gasteiger partial charge in [-0.05, 0) is 75.5 Å². The summed E-state index contributed by atoms with van der Waals surface area (Å²) in [5, 5.41) is 3.40. The normalized spacial score (nSPS) is 24.3. The molecule has 3 nitrogen and oxygen atoms in total. The number of carbonyl (C=O) groups excluding carboxylic acids is 1. The third-order valence-corrected chi connectivity index (χ3v) is 4.98. The molecule has 2 saturated heterocycles.